The van der Waals surface area contributed by atoms with Crippen molar-refractivity contribution in [2.75, 3.05) is 0 Å². The first-order valence-corrected chi connectivity index (χ1v) is 7.87. The number of amides is 1. The second-order valence-electron chi connectivity index (χ2n) is 4.89. The molecule has 2 aromatic heterocycles. The monoisotopic (exact) mass is 327 g/mol. The van der Waals surface area contributed by atoms with Gasteiger partial charge in [0.15, 0.2) is 0 Å². The first-order chi connectivity index (χ1) is 11.1. The summed E-state index contributed by atoms with van der Waals surface area (Å²) in [6, 6.07) is 11.9. The first kappa shape index (κ1) is 15.3. The summed E-state index contributed by atoms with van der Waals surface area (Å²) in [5.74, 6) is -0.701. The van der Waals surface area contributed by atoms with Gasteiger partial charge < -0.3 is 5.32 Å². The van der Waals surface area contributed by atoms with Crippen molar-refractivity contribution in [2.24, 2.45) is 0 Å². The van der Waals surface area contributed by atoms with Crippen LogP contribution in [0.5, 0.6) is 0 Å². The zero-order valence-corrected chi connectivity index (χ0v) is 13.2. The molecule has 23 heavy (non-hydrogen) atoms. The first-order valence-electron chi connectivity index (χ1n) is 7.05. The summed E-state index contributed by atoms with van der Waals surface area (Å²) >= 11 is 1.30. The van der Waals surface area contributed by atoms with Crippen LogP contribution >= 0.6 is 11.3 Å². The Kier molecular flexibility index (Phi) is 4.43. The summed E-state index contributed by atoms with van der Waals surface area (Å²) in [6.45, 7) is 2.09. The van der Waals surface area contributed by atoms with Gasteiger partial charge in [-0.15, -0.1) is 11.3 Å². The Balaban J connectivity index is 1.85. The van der Waals surface area contributed by atoms with Gasteiger partial charge in [-0.2, -0.15) is 0 Å². The van der Waals surface area contributed by atoms with Gasteiger partial charge in [0.2, 0.25) is 0 Å². The summed E-state index contributed by atoms with van der Waals surface area (Å²) in [5, 5.41) is 3.49. The van der Waals surface area contributed by atoms with Crippen molar-refractivity contribution < 1.29 is 9.18 Å². The third-order valence-electron chi connectivity index (χ3n) is 3.22. The highest BCUT2D eigenvalue weighted by Crippen LogP contribution is 2.31. The molecule has 0 spiro atoms. The molecule has 6 heteroatoms. The highest BCUT2D eigenvalue weighted by atomic mass is 32.1. The van der Waals surface area contributed by atoms with Crippen molar-refractivity contribution in [1.82, 2.24) is 15.3 Å². The van der Waals surface area contributed by atoms with Crippen molar-refractivity contribution in [3.8, 4) is 10.4 Å². The maximum Gasteiger partial charge on any atom is 0.271 e. The molecule has 1 N–H and O–H groups in total. The molecule has 1 aromatic carbocycles. The lowest BCUT2D eigenvalue weighted by Gasteiger charge is -2.05. The van der Waals surface area contributed by atoms with Crippen LogP contribution in [-0.4, -0.2) is 15.9 Å². The second-order valence-corrected chi connectivity index (χ2v) is 6.10. The number of benzene rings is 1. The van der Waals surface area contributed by atoms with Crippen LogP contribution in [0.15, 0.2) is 48.7 Å². The van der Waals surface area contributed by atoms with Gasteiger partial charge in [0.25, 0.3) is 5.91 Å². The van der Waals surface area contributed by atoms with Crippen molar-refractivity contribution >= 4 is 17.2 Å². The fourth-order valence-corrected chi connectivity index (χ4v) is 3.11. The van der Waals surface area contributed by atoms with Crippen LogP contribution in [-0.2, 0) is 6.54 Å². The van der Waals surface area contributed by atoms with E-state index in [9.17, 15) is 9.18 Å². The van der Waals surface area contributed by atoms with Crippen molar-refractivity contribution in [1.29, 1.82) is 0 Å². The predicted octanol–water partition coefficient (Wildman–Crippen LogP) is 3.58. The molecule has 3 rings (SSSR count). The molecule has 2 heterocycles. The predicted molar refractivity (Wildman–Crippen MR) is 87.7 cm³/mol. The smallest absolute Gasteiger partial charge is 0.271 e. The average molecular weight is 327 g/mol. The zero-order chi connectivity index (χ0) is 16.2. The van der Waals surface area contributed by atoms with Crippen LogP contribution in [0.4, 0.5) is 4.39 Å². The standard InChI is InChI=1S/C17H14FN3OS/c1-11-21-15(16(23-11)13-7-2-3-8-14(13)18)17(22)20-10-12-6-4-5-9-19-12/h2-9H,10H2,1H3,(H,20,22). The van der Waals surface area contributed by atoms with E-state index in [1.165, 1.54) is 17.4 Å². The molecule has 0 aliphatic carbocycles. The van der Waals surface area contributed by atoms with E-state index in [1.807, 2.05) is 18.2 Å². The van der Waals surface area contributed by atoms with E-state index in [1.54, 1.807) is 31.3 Å². The van der Waals surface area contributed by atoms with Gasteiger partial charge in [0.05, 0.1) is 22.1 Å². The number of nitrogens with zero attached hydrogens (tertiary/aromatic N) is 2. The van der Waals surface area contributed by atoms with Crippen LogP contribution < -0.4 is 5.32 Å². The van der Waals surface area contributed by atoms with Gasteiger partial charge in [-0.25, -0.2) is 9.37 Å². The molecule has 3 aromatic rings. The van der Waals surface area contributed by atoms with Crippen LogP contribution in [0.1, 0.15) is 21.2 Å². The Morgan fingerprint density at radius 2 is 2.00 bits per heavy atom. The van der Waals surface area contributed by atoms with Crippen molar-refractivity contribution in [3.05, 3.63) is 70.9 Å². The SMILES string of the molecule is Cc1nc(C(=O)NCc2ccccn2)c(-c2ccccc2F)s1. The molecule has 0 aliphatic rings. The van der Waals surface area contributed by atoms with E-state index >= 15 is 0 Å². The molecule has 0 unspecified atom stereocenters. The molecule has 0 fully saturated rings. The van der Waals surface area contributed by atoms with E-state index in [4.69, 9.17) is 0 Å². The normalized spacial score (nSPS) is 10.5. The number of hydrogen-bond donors (Lipinski definition) is 1. The highest BCUT2D eigenvalue weighted by molar-refractivity contribution is 7.15. The Morgan fingerprint density at radius 1 is 1.22 bits per heavy atom. The Hall–Kier alpha value is -2.60. The lowest BCUT2D eigenvalue weighted by atomic mass is 10.1. The summed E-state index contributed by atoms with van der Waals surface area (Å²) in [7, 11) is 0. The van der Waals surface area contributed by atoms with Crippen molar-refractivity contribution in [2.45, 2.75) is 13.5 Å². The number of rotatable bonds is 4. The number of aryl methyl sites for hydroxylation is 1. The number of aromatic nitrogens is 2. The molecular weight excluding hydrogens is 313 g/mol. The number of carbonyl (C=O) groups is 1. The summed E-state index contributed by atoms with van der Waals surface area (Å²) in [4.78, 5) is 21.4. The van der Waals surface area contributed by atoms with E-state index < -0.39 is 0 Å². The third-order valence-corrected chi connectivity index (χ3v) is 4.23. The maximum absolute atomic E-state index is 14.0. The van der Waals surface area contributed by atoms with E-state index in [0.717, 1.165) is 5.69 Å². The minimum atomic E-state index is -0.366. The maximum atomic E-state index is 14.0. The quantitative estimate of drug-likeness (QED) is 0.797. The molecular formula is C17H14FN3OS. The molecule has 0 atom stereocenters. The number of thiazole rings is 1. The number of carbonyl (C=O) groups excluding carboxylic acids is 1. The van der Waals surface area contributed by atoms with E-state index in [0.29, 0.717) is 22.0 Å². The van der Waals surface area contributed by atoms with Crippen LogP contribution in [0.25, 0.3) is 10.4 Å². The molecule has 0 saturated carbocycles. The van der Waals surface area contributed by atoms with E-state index in [-0.39, 0.29) is 17.4 Å². The van der Waals surface area contributed by atoms with Gasteiger partial charge in [0.1, 0.15) is 11.5 Å². The van der Waals surface area contributed by atoms with Crippen LogP contribution in [0, 0.1) is 12.7 Å². The number of nitrogens with one attached hydrogen (secondary N) is 1. The van der Waals surface area contributed by atoms with E-state index in [2.05, 4.69) is 15.3 Å². The number of halogens is 1. The van der Waals surface area contributed by atoms with Gasteiger partial charge in [-0.1, -0.05) is 24.3 Å². The summed E-state index contributed by atoms with van der Waals surface area (Å²) < 4.78 is 14.0. The molecule has 0 saturated heterocycles. The third kappa shape index (κ3) is 3.43. The molecule has 0 radical (unpaired) electrons. The van der Waals surface area contributed by atoms with Gasteiger partial charge in [-0.05, 0) is 25.1 Å². The highest BCUT2D eigenvalue weighted by Gasteiger charge is 2.20. The Bertz CT molecular complexity index is 833. The fourth-order valence-electron chi connectivity index (χ4n) is 2.17. The number of pyridine rings is 1. The minimum Gasteiger partial charge on any atom is -0.345 e. The molecule has 4 nitrogen and oxygen atoms in total. The average Bonchev–Trinajstić information content (AvgIpc) is 2.96. The summed E-state index contributed by atoms with van der Waals surface area (Å²) in [6.07, 6.45) is 1.67. The van der Waals surface area contributed by atoms with Gasteiger partial charge in [-0.3, -0.25) is 9.78 Å². The number of hydrogen-bond acceptors (Lipinski definition) is 4. The topological polar surface area (TPSA) is 54.9 Å². The molecule has 0 bridgehead atoms. The second kappa shape index (κ2) is 6.66. The van der Waals surface area contributed by atoms with Crippen LogP contribution in [0.3, 0.4) is 0 Å². The summed E-state index contributed by atoms with van der Waals surface area (Å²) in [5.41, 5.74) is 1.38. The lowest BCUT2D eigenvalue weighted by Crippen LogP contribution is -2.24. The minimum absolute atomic E-state index is 0.244. The zero-order valence-electron chi connectivity index (χ0n) is 12.4. The van der Waals surface area contributed by atoms with Crippen LogP contribution in [0.2, 0.25) is 0 Å². The molecule has 0 aliphatic heterocycles. The largest absolute Gasteiger partial charge is 0.345 e. The lowest BCUT2D eigenvalue weighted by molar-refractivity contribution is 0.0946. The molecule has 1 amide bonds. The molecule has 116 valence electrons. The Morgan fingerprint density at radius 3 is 2.74 bits per heavy atom. The Labute approximate surface area is 137 Å². The van der Waals surface area contributed by atoms with Gasteiger partial charge >= 0.3 is 0 Å². The fraction of sp³-hybridized carbons (Fsp3) is 0.118. The van der Waals surface area contributed by atoms with Crippen molar-refractivity contribution in [3.63, 3.8) is 0 Å². The van der Waals surface area contributed by atoms with Gasteiger partial charge in [0, 0.05) is 11.8 Å².